The number of hydrogen-bond acceptors (Lipinski definition) is 4. The fraction of sp³-hybridized carbons (Fsp3) is 0.250. The molecule has 0 amide bonds. The Balaban J connectivity index is 1.43. The molecule has 1 aliphatic rings. The molecule has 1 aliphatic heterocycles. The average Bonchev–Trinajstić information content (AvgIpc) is 2.87. The van der Waals surface area contributed by atoms with Crippen molar-refractivity contribution < 1.29 is 18.7 Å². The Morgan fingerprint density at radius 1 is 0.970 bits per heavy atom. The third-order valence-electron chi connectivity index (χ3n) is 5.82. The summed E-state index contributed by atoms with van der Waals surface area (Å²) in [4.78, 5) is 15.0. The predicted molar refractivity (Wildman–Crippen MR) is 130 cm³/mol. The third-order valence-corrected chi connectivity index (χ3v) is 5.82. The van der Waals surface area contributed by atoms with E-state index in [9.17, 15) is 9.18 Å². The maximum absolute atomic E-state index is 13.8. The Labute approximate surface area is 194 Å². The minimum atomic E-state index is -0.413. The van der Waals surface area contributed by atoms with Crippen molar-refractivity contribution in [3.8, 4) is 11.5 Å². The highest BCUT2D eigenvalue weighted by atomic mass is 19.1. The number of para-hydroxylation sites is 1. The van der Waals surface area contributed by atoms with Gasteiger partial charge in [0, 0.05) is 29.9 Å². The number of allylic oxidation sites excluding steroid dienone is 1. The summed E-state index contributed by atoms with van der Waals surface area (Å²) in [5, 5.41) is 0. The summed E-state index contributed by atoms with van der Waals surface area (Å²) in [6.07, 6.45) is 7.07. The summed E-state index contributed by atoms with van der Waals surface area (Å²) in [6, 6.07) is 19.7. The van der Waals surface area contributed by atoms with E-state index in [2.05, 4.69) is 4.90 Å². The van der Waals surface area contributed by atoms with E-state index >= 15 is 0 Å². The first-order chi connectivity index (χ1) is 16.1. The molecule has 33 heavy (non-hydrogen) atoms. The fourth-order valence-electron chi connectivity index (χ4n) is 3.99. The van der Waals surface area contributed by atoms with Gasteiger partial charge in [-0.1, -0.05) is 24.3 Å². The molecule has 3 aromatic rings. The Bertz CT molecular complexity index is 1120. The number of ether oxygens (including phenoxy) is 2. The van der Waals surface area contributed by atoms with Gasteiger partial charge in [0.2, 0.25) is 0 Å². The average molecular weight is 446 g/mol. The van der Waals surface area contributed by atoms with Crippen molar-refractivity contribution in [2.24, 2.45) is 0 Å². The van der Waals surface area contributed by atoms with Gasteiger partial charge in [-0.05, 0) is 79.4 Å². The van der Waals surface area contributed by atoms with Gasteiger partial charge in [0.25, 0.3) is 0 Å². The molecule has 170 valence electrons. The van der Waals surface area contributed by atoms with Gasteiger partial charge in [0.1, 0.15) is 12.4 Å². The molecule has 0 spiro atoms. The highest BCUT2D eigenvalue weighted by Gasteiger charge is 2.12. The summed E-state index contributed by atoms with van der Waals surface area (Å²) in [7, 11) is 1.58. The van der Waals surface area contributed by atoms with E-state index in [1.165, 1.54) is 31.0 Å². The standard InChI is InChI=1S/C28H28FNO3/c1-32-27-16-10-21(19-23(27)20-33-28-8-4-3-7-25(28)29)9-15-26(31)22-11-13-24(14-12-22)30-17-5-2-6-18-30/h3-4,7-16,19H,2,5-6,17-18,20H2,1H3/b15-9+. The summed E-state index contributed by atoms with van der Waals surface area (Å²) in [5.74, 6) is 0.358. The Morgan fingerprint density at radius 2 is 1.73 bits per heavy atom. The molecule has 3 aromatic carbocycles. The lowest BCUT2D eigenvalue weighted by atomic mass is 10.1. The van der Waals surface area contributed by atoms with E-state index in [-0.39, 0.29) is 18.1 Å². The van der Waals surface area contributed by atoms with Gasteiger partial charge in [-0.3, -0.25) is 4.79 Å². The van der Waals surface area contributed by atoms with Gasteiger partial charge in [-0.2, -0.15) is 0 Å². The zero-order chi connectivity index (χ0) is 23.0. The number of carbonyl (C=O) groups excluding carboxylic acids is 1. The van der Waals surface area contributed by atoms with E-state index in [4.69, 9.17) is 9.47 Å². The first-order valence-corrected chi connectivity index (χ1v) is 11.3. The van der Waals surface area contributed by atoms with E-state index in [0.717, 1.165) is 24.2 Å². The van der Waals surface area contributed by atoms with Gasteiger partial charge in [0.05, 0.1) is 7.11 Å². The molecule has 4 rings (SSSR count). The summed E-state index contributed by atoms with van der Waals surface area (Å²) < 4.78 is 24.9. The number of carbonyl (C=O) groups is 1. The van der Waals surface area contributed by atoms with Crippen molar-refractivity contribution in [3.63, 3.8) is 0 Å². The monoisotopic (exact) mass is 445 g/mol. The third kappa shape index (κ3) is 5.80. The molecule has 1 saturated heterocycles. The van der Waals surface area contributed by atoms with Gasteiger partial charge < -0.3 is 14.4 Å². The van der Waals surface area contributed by atoms with Crippen molar-refractivity contribution in [1.82, 2.24) is 0 Å². The van der Waals surface area contributed by atoms with E-state index in [0.29, 0.717) is 11.3 Å². The smallest absolute Gasteiger partial charge is 0.185 e. The highest BCUT2D eigenvalue weighted by Crippen LogP contribution is 2.25. The Morgan fingerprint density at radius 3 is 2.45 bits per heavy atom. The fourth-order valence-corrected chi connectivity index (χ4v) is 3.99. The summed E-state index contributed by atoms with van der Waals surface area (Å²) in [6.45, 7) is 2.30. The second-order valence-electron chi connectivity index (χ2n) is 8.08. The Hall–Kier alpha value is -3.60. The maximum Gasteiger partial charge on any atom is 0.185 e. The largest absolute Gasteiger partial charge is 0.496 e. The molecular weight excluding hydrogens is 417 g/mol. The van der Waals surface area contributed by atoms with Crippen LogP contribution in [0.25, 0.3) is 6.08 Å². The number of benzene rings is 3. The van der Waals surface area contributed by atoms with Crippen LogP contribution in [0.2, 0.25) is 0 Å². The van der Waals surface area contributed by atoms with E-state index < -0.39 is 5.82 Å². The minimum Gasteiger partial charge on any atom is -0.496 e. The van der Waals surface area contributed by atoms with Gasteiger partial charge >= 0.3 is 0 Å². The normalized spacial score (nSPS) is 13.8. The molecule has 0 aromatic heterocycles. The molecule has 4 nitrogen and oxygen atoms in total. The lowest BCUT2D eigenvalue weighted by Gasteiger charge is -2.28. The van der Waals surface area contributed by atoms with Crippen LogP contribution in [0.15, 0.2) is 72.8 Å². The molecular formula is C28H28FNO3. The van der Waals surface area contributed by atoms with Crippen LogP contribution in [0.1, 0.15) is 40.7 Å². The van der Waals surface area contributed by atoms with Crippen LogP contribution in [0, 0.1) is 5.82 Å². The zero-order valence-electron chi connectivity index (χ0n) is 18.8. The lowest BCUT2D eigenvalue weighted by Crippen LogP contribution is -2.29. The van der Waals surface area contributed by atoms with Crippen molar-refractivity contribution in [1.29, 1.82) is 0 Å². The Kier molecular flexibility index (Phi) is 7.40. The number of rotatable bonds is 8. The van der Waals surface area contributed by atoms with Crippen molar-refractivity contribution in [2.45, 2.75) is 25.9 Å². The number of nitrogens with zero attached hydrogens (tertiary/aromatic N) is 1. The van der Waals surface area contributed by atoms with Crippen molar-refractivity contribution in [3.05, 3.63) is 95.3 Å². The molecule has 5 heteroatoms. The molecule has 1 heterocycles. The van der Waals surface area contributed by atoms with Crippen LogP contribution in [-0.4, -0.2) is 26.0 Å². The second kappa shape index (κ2) is 10.8. The maximum atomic E-state index is 13.8. The number of hydrogen-bond donors (Lipinski definition) is 0. The van der Waals surface area contributed by atoms with Gasteiger partial charge in [0.15, 0.2) is 17.3 Å². The van der Waals surface area contributed by atoms with Crippen LogP contribution in [0.5, 0.6) is 11.5 Å². The topological polar surface area (TPSA) is 38.8 Å². The number of anilines is 1. The second-order valence-corrected chi connectivity index (χ2v) is 8.08. The molecule has 0 aliphatic carbocycles. The summed E-state index contributed by atoms with van der Waals surface area (Å²) in [5.41, 5.74) is 3.43. The van der Waals surface area contributed by atoms with Crippen molar-refractivity contribution in [2.75, 3.05) is 25.1 Å². The molecule has 1 fully saturated rings. The van der Waals surface area contributed by atoms with Crippen LogP contribution in [-0.2, 0) is 6.61 Å². The molecule has 0 unspecified atom stereocenters. The van der Waals surface area contributed by atoms with Crippen molar-refractivity contribution >= 4 is 17.5 Å². The summed E-state index contributed by atoms with van der Waals surface area (Å²) >= 11 is 0. The zero-order valence-corrected chi connectivity index (χ0v) is 18.8. The van der Waals surface area contributed by atoms with Crippen LogP contribution >= 0.6 is 0 Å². The predicted octanol–water partition coefficient (Wildman–Crippen LogP) is 6.30. The quantitative estimate of drug-likeness (QED) is 0.301. The number of piperidine rings is 1. The van der Waals surface area contributed by atoms with Gasteiger partial charge in [-0.15, -0.1) is 0 Å². The van der Waals surface area contributed by atoms with Crippen LogP contribution in [0.3, 0.4) is 0 Å². The molecule has 0 atom stereocenters. The first kappa shape index (κ1) is 22.6. The van der Waals surface area contributed by atoms with Gasteiger partial charge in [-0.25, -0.2) is 4.39 Å². The molecule has 0 saturated carbocycles. The van der Waals surface area contributed by atoms with E-state index in [1.54, 1.807) is 37.5 Å². The first-order valence-electron chi connectivity index (χ1n) is 11.3. The SMILES string of the molecule is COc1ccc(/C=C/C(=O)c2ccc(N3CCCCC3)cc2)cc1COc1ccccc1F. The van der Waals surface area contributed by atoms with E-state index in [1.807, 2.05) is 42.5 Å². The molecule has 0 N–H and O–H groups in total. The van der Waals surface area contributed by atoms with Crippen LogP contribution in [0.4, 0.5) is 10.1 Å². The van der Waals surface area contributed by atoms with Crippen LogP contribution < -0.4 is 14.4 Å². The lowest BCUT2D eigenvalue weighted by molar-refractivity contribution is 0.104. The minimum absolute atomic E-state index is 0.0554. The molecule has 0 radical (unpaired) electrons. The number of methoxy groups -OCH3 is 1. The number of ketones is 1. The molecule has 0 bridgehead atoms. The number of halogens is 1. The highest BCUT2D eigenvalue weighted by molar-refractivity contribution is 6.07.